The van der Waals surface area contributed by atoms with Crippen LogP contribution >= 0.6 is 11.6 Å². The van der Waals surface area contributed by atoms with E-state index >= 15 is 0 Å². The van der Waals surface area contributed by atoms with Gasteiger partial charge in [0.25, 0.3) is 0 Å². The average Bonchev–Trinajstić information content (AvgIpc) is 2.28. The number of pyridine rings is 1. The van der Waals surface area contributed by atoms with E-state index in [1.54, 1.807) is 13.3 Å². The third-order valence-electron chi connectivity index (χ3n) is 2.44. The Kier molecular flexibility index (Phi) is 4.85. The number of hydrogen-bond acceptors (Lipinski definition) is 3. The smallest absolute Gasteiger partial charge is 0.217 e. The number of alkyl halides is 1. The van der Waals surface area contributed by atoms with Crippen molar-refractivity contribution in [1.82, 2.24) is 9.88 Å². The summed E-state index contributed by atoms with van der Waals surface area (Å²) in [5, 5.41) is 0. The Morgan fingerprint density at radius 2 is 2.33 bits per heavy atom. The Morgan fingerprint density at radius 3 is 2.93 bits per heavy atom. The maximum atomic E-state index is 5.80. The van der Waals surface area contributed by atoms with Crippen LogP contribution in [-0.4, -0.2) is 36.0 Å². The summed E-state index contributed by atoms with van der Waals surface area (Å²) in [7, 11) is 3.68. The van der Waals surface area contributed by atoms with E-state index in [0.717, 1.165) is 12.1 Å². The van der Waals surface area contributed by atoms with E-state index in [-0.39, 0.29) is 0 Å². The van der Waals surface area contributed by atoms with Crippen molar-refractivity contribution in [3.63, 3.8) is 0 Å². The van der Waals surface area contributed by atoms with Gasteiger partial charge in [0.15, 0.2) is 0 Å². The van der Waals surface area contributed by atoms with Crippen LogP contribution in [0.3, 0.4) is 0 Å². The molecule has 15 heavy (non-hydrogen) atoms. The summed E-state index contributed by atoms with van der Waals surface area (Å²) in [5.41, 5.74) is 1.08. The lowest BCUT2D eigenvalue weighted by Crippen LogP contribution is -2.30. The summed E-state index contributed by atoms with van der Waals surface area (Å²) in [6, 6.07) is 4.27. The number of methoxy groups -OCH3 is 1. The fourth-order valence-electron chi connectivity index (χ4n) is 1.27. The Morgan fingerprint density at radius 1 is 1.60 bits per heavy atom. The molecule has 0 saturated heterocycles. The van der Waals surface area contributed by atoms with Crippen molar-refractivity contribution in [2.75, 3.05) is 20.0 Å². The minimum Gasteiger partial charge on any atom is -0.481 e. The van der Waals surface area contributed by atoms with E-state index < -0.39 is 0 Å². The first-order valence-electron chi connectivity index (χ1n) is 4.93. The van der Waals surface area contributed by atoms with E-state index in [1.807, 2.05) is 19.2 Å². The number of aromatic nitrogens is 1. The molecule has 0 aliphatic heterocycles. The minimum atomic E-state index is 0.344. The molecule has 1 unspecified atom stereocenters. The van der Waals surface area contributed by atoms with Gasteiger partial charge in [-0.15, -0.1) is 11.6 Å². The molecule has 1 aromatic rings. The molecule has 4 heteroatoms. The Bertz CT molecular complexity index is 306. The van der Waals surface area contributed by atoms with Gasteiger partial charge in [-0.3, -0.25) is 4.90 Å². The predicted octanol–water partition coefficient (Wildman–Crippen LogP) is 2.15. The van der Waals surface area contributed by atoms with Crippen LogP contribution in [-0.2, 0) is 6.54 Å². The van der Waals surface area contributed by atoms with Crippen molar-refractivity contribution < 1.29 is 4.74 Å². The number of ether oxygens (including phenoxy) is 1. The van der Waals surface area contributed by atoms with Crippen molar-refractivity contribution in [1.29, 1.82) is 0 Å². The zero-order valence-corrected chi connectivity index (χ0v) is 10.2. The summed E-state index contributed by atoms with van der Waals surface area (Å²) in [4.78, 5) is 6.33. The normalized spacial score (nSPS) is 12.9. The van der Waals surface area contributed by atoms with Crippen LogP contribution in [0.25, 0.3) is 0 Å². The molecule has 3 nitrogen and oxygen atoms in total. The maximum Gasteiger partial charge on any atom is 0.217 e. The molecule has 1 aromatic heterocycles. The molecule has 0 bridgehead atoms. The van der Waals surface area contributed by atoms with Gasteiger partial charge >= 0.3 is 0 Å². The Hall–Kier alpha value is -0.800. The second kappa shape index (κ2) is 5.93. The van der Waals surface area contributed by atoms with Crippen LogP contribution in [0.4, 0.5) is 0 Å². The fraction of sp³-hybridized carbons (Fsp3) is 0.545. The van der Waals surface area contributed by atoms with Crippen LogP contribution < -0.4 is 4.74 Å². The maximum absolute atomic E-state index is 5.80. The molecule has 1 rings (SSSR count). The van der Waals surface area contributed by atoms with E-state index in [9.17, 15) is 0 Å². The standard InChI is InChI=1S/C11H17ClN2O/c1-9(7-12)14(2)8-10-5-4-6-13-11(10)15-3/h4-6,9H,7-8H2,1-3H3. The number of halogens is 1. The lowest BCUT2D eigenvalue weighted by molar-refractivity contribution is 0.262. The molecule has 0 radical (unpaired) electrons. The first-order valence-corrected chi connectivity index (χ1v) is 5.46. The highest BCUT2D eigenvalue weighted by Crippen LogP contribution is 2.16. The SMILES string of the molecule is COc1ncccc1CN(C)C(C)CCl. The lowest BCUT2D eigenvalue weighted by Gasteiger charge is -2.23. The summed E-state index contributed by atoms with van der Waals surface area (Å²) >= 11 is 5.80. The second-order valence-electron chi connectivity index (χ2n) is 3.59. The predicted molar refractivity (Wildman–Crippen MR) is 62.4 cm³/mol. The van der Waals surface area contributed by atoms with Crippen molar-refractivity contribution in [2.24, 2.45) is 0 Å². The average molecular weight is 229 g/mol. The summed E-state index contributed by atoms with van der Waals surface area (Å²) in [6.07, 6.45) is 1.73. The summed E-state index contributed by atoms with van der Waals surface area (Å²) < 4.78 is 5.19. The molecular formula is C11H17ClN2O. The van der Waals surface area contributed by atoms with Crippen molar-refractivity contribution in [2.45, 2.75) is 19.5 Å². The summed E-state index contributed by atoms with van der Waals surface area (Å²) in [6.45, 7) is 2.89. The number of rotatable bonds is 5. The molecule has 0 N–H and O–H groups in total. The molecule has 0 amide bonds. The first-order chi connectivity index (χ1) is 7.19. The highest BCUT2D eigenvalue weighted by molar-refractivity contribution is 6.18. The van der Waals surface area contributed by atoms with Gasteiger partial charge < -0.3 is 4.74 Å². The van der Waals surface area contributed by atoms with E-state index in [0.29, 0.717) is 17.8 Å². The van der Waals surface area contributed by atoms with Gasteiger partial charge in [0.2, 0.25) is 5.88 Å². The van der Waals surface area contributed by atoms with Crippen LogP contribution in [0.5, 0.6) is 5.88 Å². The van der Waals surface area contributed by atoms with Gasteiger partial charge in [-0.1, -0.05) is 6.07 Å². The zero-order chi connectivity index (χ0) is 11.3. The lowest BCUT2D eigenvalue weighted by atomic mass is 10.2. The molecule has 0 aliphatic rings. The minimum absolute atomic E-state index is 0.344. The monoisotopic (exact) mass is 228 g/mol. The van der Waals surface area contributed by atoms with Crippen LogP contribution in [0.1, 0.15) is 12.5 Å². The van der Waals surface area contributed by atoms with Crippen molar-refractivity contribution in [3.05, 3.63) is 23.9 Å². The Labute approximate surface area is 96.0 Å². The van der Waals surface area contributed by atoms with Gasteiger partial charge in [-0.25, -0.2) is 4.98 Å². The van der Waals surface area contributed by atoms with Crippen LogP contribution in [0, 0.1) is 0 Å². The second-order valence-corrected chi connectivity index (χ2v) is 3.90. The fourth-order valence-corrected chi connectivity index (χ4v) is 1.51. The third kappa shape index (κ3) is 3.36. The third-order valence-corrected chi connectivity index (χ3v) is 2.89. The van der Waals surface area contributed by atoms with E-state index in [2.05, 4.69) is 16.8 Å². The Balaban J connectivity index is 2.71. The molecular weight excluding hydrogens is 212 g/mol. The molecule has 0 aromatic carbocycles. The molecule has 0 fully saturated rings. The molecule has 0 aliphatic carbocycles. The molecule has 84 valence electrons. The molecule has 1 atom stereocenters. The van der Waals surface area contributed by atoms with Gasteiger partial charge in [0.05, 0.1) is 7.11 Å². The highest BCUT2D eigenvalue weighted by Gasteiger charge is 2.11. The summed E-state index contributed by atoms with van der Waals surface area (Å²) in [5.74, 6) is 1.31. The molecule has 0 saturated carbocycles. The highest BCUT2D eigenvalue weighted by atomic mass is 35.5. The zero-order valence-electron chi connectivity index (χ0n) is 9.40. The molecule has 1 heterocycles. The first kappa shape index (κ1) is 12.3. The van der Waals surface area contributed by atoms with Crippen molar-refractivity contribution in [3.8, 4) is 5.88 Å². The molecule has 0 spiro atoms. The quantitative estimate of drug-likeness (QED) is 0.723. The number of nitrogens with zero attached hydrogens (tertiary/aromatic N) is 2. The topological polar surface area (TPSA) is 25.4 Å². The van der Waals surface area contributed by atoms with Gasteiger partial charge in [0.1, 0.15) is 0 Å². The van der Waals surface area contributed by atoms with E-state index in [4.69, 9.17) is 16.3 Å². The van der Waals surface area contributed by atoms with Gasteiger partial charge in [-0.2, -0.15) is 0 Å². The van der Waals surface area contributed by atoms with Gasteiger partial charge in [0, 0.05) is 30.2 Å². The van der Waals surface area contributed by atoms with Crippen LogP contribution in [0.15, 0.2) is 18.3 Å². The van der Waals surface area contributed by atoms with Gasteiger partial charge in [-0.05, 0) is 20.0 Å². The van der Waals surface area contributed by atoms with E-state index in [1.165, 1.54) is 0 Å². The largest absolute Gasteiger partial charge is 0.481 e. The number of hydrogen-bond donors (Lipinski definition) is 0. The van der Waals surface area contributed by atoms with Crippen LogP contribution in [0.2, 0.25) is 0 Å². The van der Waals surface area contributed by atoms with Crippen molar-refractivity contribution >= 4 is 11.6 Å².